The lowest BCUT2D eigenvalue weighted by Crippen LogP contribution is -2.04. The standard InChI is InChI=1S/C13H14ClN3O2/c1-15-7-10-4-5-16(8-10)9-11-2-3-12(17(18)19)6-13(11)14/h2-6,8,15H,7,9H2,1H3. The summed E-state index contributed by atoms with van der Waals surface area (Å²) in [7, 11) is 1.89. The zero-order valence-electron chi connectivity index (χ0n) is 10.5. The van der Waals surface area contributed by atoms with E-state index in [-0.39, 0.29) is 5.69 Å². The van der Waals surface area contributed by atoms with Crippen LogP contribution < -0.4 is 5.32 Å². The molecule has 0 aliphatic heterocycles. The number of hydrogen-bond donors (Lipinski definition) is 1. The second kappa shape index (κ2) is 5.86. The van der Waals surface area contributed by atoms with E-state index in [1.165, 1.54) is 17.7 Å². The number of nitrogens with zero attached hydrogens (tertiary/aromatic N) is 2. The Balaban J connectivity index is 2.16. The molecule has 100 valence electrons. The normalized spacial score (nSPS) is 10.6. The van der Waals surface area contributed by atoms with Gasteiger partial charge in [0, 0.05) is 37.6 Å². The average Bonchev–Trinajstić information content (AvgIpc) is 2.79. The van der Waals surface area contributed by atoms with Crippen molar-refractivity contribution in [3.05, 3.63) is 62.9 Å². The van der Waals surface area contributed by atoms with Crippen molar-refractivity contribution in [3.8, 4) is 0 Å². The lowest BCUT2D eigenvalue weighted by Gasteiger charge is -2.05. The highest BCUT2D eigenvalue weighted by Crippen LogP contribution is 2.23. The first-order valence-electron chi connectivity index (χ1n) is 5.82. The summed E-state index contributed by atoms with van der Waals surface area (Å²) in [5.74, 6) is 0. The SMILES string of the molecule is CNCc1ccn(Cc2ccc([N+](=O)[O-])cc2Cl)c1. The van der Waals surface area contributed by atoms with E-state index in [2.05, 4.69) is 5.32 Å². The number of nitro groups is 1. The summed E-state index contributed by atoms with van der Waals surface area (Å²) in [5.41, 5.74) is 2.05. The summed E-state index contributed by atoms with van der Waals surface area (Å²) < 4.78 is 2.00. The van der Waals surface area contributed by atoms with Crippen molar-refractivity contribution < 1.29 is 4.92 Å². The smallest absolute Gasteiger partial charge is 0.270 e. The Morgan fingerprint density at radius 2 is 2.21 bits per heavy atom. The number of halogens is 1. The van der Waals surface area contributed by atoms with E-state index in [0.717, 1.165) is 12.1 Å². The van der Waals surface area contributed by atoms with E-state index in [9.17, 15) is 10.1 Å². The highest BCUT2D eigenvalue weighted by atomic mass is 35.5. The van der Waals surface area contributed by atoms with Gasteiger partial charge in [-0.3, -0.25) is 10.1 Å². The maximum atomic E-state index is 10.6. The molecule has 2 aromatic rings. The van der Waals surface area contributed by atoms with Gasteiger partial charge in [0.05, 0.1) is 9.95 Å². The molecular weight excluding hydrogens is 266 g/mol. The fourth-order valence-electron chi connectivity index (χ4n) is 1.87. The predicted molar refractivity (Wildman–Crippen MR) is 74.4 cm³/mol. The number of nitro benzene ring substituents is 1. The molecule has 0 bridgehead atoms. The summed E-state index contributed by atoms with van der Waals surface area (Å²) in [6.07, 6.45) is 3.98. The highest BCUT2D eigenvalue weighted by Gasteiger charge is 2.09. The molecule has 0 atom stereocenters. The van der Waals surface area contributed by atoms with Crippen molar-refractivity contribution in [1.82, 2.24) is 9.88 Å². The van der Waals surface area contributed by atoms with Crippen LogP contribution in [0.25, 0.3) is 0 Å². The number of aromatic nitrogens is 1. The minimum Gasteiger partial charge on any atom is -0.350 e. The van der Waals surface area contributed by atoms with Crippen LogP contribution in [0, 0.1) is 10.1 Å². The zero-order chi connectivity index (χ0) is 13.8. The molecule has 1 aromatic carbocycles. The molecule has 0 saturated heterocycles. The molecule has 0 amide bonds. The van der Waals surface area contributed by atoms with Gasteiger partial charge in [0.15, 0.2) is 0 Å². The van der Waals surface area contributed by atoms with Crippen LogP contribution in [0.15, 0.2) is 36.7 Å². The first-order valence-corrected chi connectivity index (χ1v) is 6.20. The van der Waals surface area contributed by atoms with Crippen LogP contribution in [0.1, 0.15) is 11.1 Å². The first-order chi connectivity index (χ1) is 9.10. The third-order valence-electron chi connectivity index (χ3n) is 2.79. The van der Waals surface area contributed by atoms with Crippen LogP contribution >= 0.6 is 11.6 Å². The highest BCUT2D eigenvalue weighted by molar-refractivity contribution is 6.31. The Bertz CT molecular complexity index is 595. The van der Waals surface area contributed by atoms with E-state index in [1.807, 2.05) is 30.1 Å². The van der Waals surface area contributed by atoms with Gasteiger partial charge in [-0.1, -0.05) is 11.6 Å². The van der Waals surface area contributed by atoms with Gasteiger partial charge >= 0.3 is 0 Å². The van der Waals surface area contributed by atoms with Gasteiger partial charge in [0.2, 0.25) is 0 Å². The molecule has 0 saturated carbocycles. The summed E-state index contributed by atoms with van der Waals surface area (Å²) in [6.45, 7) is 1.40. The Kier molecular flexibility index (Phi) is 4.19. The van der Waals surface area contributed by atoms with E-state index in [0.29, 0.717) is 11.6 Å². The lowest BCUT2D eigenvalue weighted by molar-refractivity contribution is -0.384. The monoisotopic (exact) mass is 279 g/mol. The molecule has 0 unspecified atom stereocenters. The van der Waals surface area contributed by atoms with Gasteiger partial charge in [-0.25, -0.2) is 0 Å². The zero-order valence-corrected chi connectivity index (χ0v) is 11.2. The Labute approximate surface area is 116 Å². The van der Waals surface area contributed by atoms with Crippen molar-refractivity contribution in [3.63, 3.8) is 0 Å². The summed E-state index contributed by atoms with van der Waals surface area (Å²) in [4.78, 5) is 10.2. The topological polar surface area (TPSA) is 60.1 Å². The van der Waals surface area contributed by atoms with Crippen LogP contribution in [0.2, 0.25) is 5.02 Å². The minimum atomic E-state index is -0.448. The molecule has 1 aromatic heterocycles. The molecule has 0 fully saturated rings. The van der Waals surface area contributed by atoms with Gasteiger partial charge in [-0.05, 0) is 30.3 Å². The molecule has 0 spiro atoms. The fourth-order valence-corrected chi connectivity index (χ4v) is 2.11. The Morgan fingerprint density at radius 3 is 2.84 bits per heavy atom. The van der Waals surface area contributed by atoms with Gasteiger partial charge < -0.3 is 9.88 Å². The maximum Gasteiger partial charge on any atom is 0.270 e. The van der Waals surface area contributed by atoms with Crippen molar-refractivity contribution >= 4 is 17.3 Å². The number of non-ortho nitro benzene ring substituents is 1. The molecule has 19 heavy (non-hydrogen) atoms. The molecule has 0 radical (unpaired) electrons. The third-order valence-corrected chi connectivity index (χ3v) is 3.14. The Hall–Kier alpha value is -1.85. The molecule has 1 heterocycles. The maximum absolute atomic E-state index is 10.6. The van der Waals surface area contributed by atoms with Crippen LogP contribution in [0.3, 0.4) is 0 Å². The van der Waals surface area contributed by atoms with Crippen molar-refractivity contribution in [1.29, 1.82) is 0 Å². The summed E-state index contributed by atoms with van der Waals surface area (Å²) >= 11 is 6.06. The minimum absolute atomic E-state index is 0.0112. The van der Waals surface area contributed by atoms with E-state index < -0.39 is 4.92 Å². The number of hydrogen-bond acceptors (Lipinski definition) is 3. The van der Waals surface area contributed by atoms with Crippen molar-refractivity contribution in [2.24, 2.45) is 0 Å². The van der Waals surface area contributed by atoms with Crippen molar-refractivity contribution in [2.45, 2.75) is 13.1 Å². The molecule has 0 aliphatic carbocycles. The van der Waals surface area contributed by atoms with Gasteiger partial charge in [-0.15, -0.1) is 0 Å². The second-order valence-corrected chi connectivity index (χ2v) is 4.66. The number of nitrogens with one attached hydrogen (secondary N) is 1. The van der Waals surface area contributed by atoms with Gasteiger partial charge in [0.25, 0.3) is 5.69 Å². The molecule has 1 N–H and O–H groups in total. The van der Waals surface area contributed by atoms with E-state index in [4.69, 9.17) is 11.6 Å². The Morgan fingerprint density at radius 1 is 1.42 bits per heavy atom. The van der Waals surface area contributed by atoms with E-state index in [1.54, 1.807) is 6.07 Å². The predicted octanol–water partition coefficient (Wildman–Crippen LogP) is 2.82. The molecule has 0 aliphatic rings. The molecule has 6 heteroatoms. The molecule has 2 rings (SSSR count). The average molecular weight is 280 g/mol. The summed E-state index contributed by atoms with van der Waals surface area (Å²) in [5, 5.41) is 14.1. The first kappa shape index (κ1) is 13.6. The van der Waals surface area contributed by atoms with Gasteiger partial charge in [-0.2, -0.15) is 0 Å². The van der Waals surface area contributed by atoms with Crippen LogP contribution in [0.5, 0.6) is 0 Å². The van der Waals surface area contributed by atoms with E-state index >= 15 is 0 Å². The number of rotatable bonds is 5. The lowest BCUT2D eigenvalue weighted by atomic mass is 10.2. The van der Waals surface area contributed by atoms with Crippen molar-refractivity contribution in [2.75, 3.05) is 7.05 Å². The molecular formula is C13H14ClN3O2. The molecule has 5 nitrogen and oxygen atoms in total. The van der Waals surface area contributed by atoms with Gasteiger partial charge in [0.1, 0.15) is 0 Å². The van der Waals surface area contributed by atoms with Crippen LogP contribution in [0.4, 0.5) is 5.69 Å². The summed E-state index contributed by atoms with van der Waals surface area (Å²) in [6, 6.07) is 6.57. The van der Waals surface area contributed by atoms with Crippen LogP contribution in [-0.2, 0) is 13.1 Å². The fraction of sp³-hybridized carbons (Fsp3) is 0.231. The second-order valence-electron chi connectivity index (χ2n) is 4.26. The number of benzene rings is 1. The third kappa shape index (κ3) is 3.33. The van der Waals surface area contributed by atoms with Crippen LogP contribution in [-0.4, -0.2) is 16.5 Å². The largest absolute Gasteiger partial charge is 0.350 e. The quantitative estimate of drug-likeness (QED) is 0.676.